The zero-order valence-electron chi connectivity index (χ0n) is 10.7. The Hall–Kier alpha value is -0.570. The number of aryl methyl sites for hydroxylation is 1. The molecular weight excluding hydrogens is 232 g/mol. The van der Waals surface area contributed by atoms with Crippen LogP contribution in [-0.4, -0.2) is 30.6 Å². The number of hydrogen-bond acceptors (Lipinski definition) is 2. The molecule has 1 aliphatic rings. The molecule has 1 aromatic carbocycles. The van der Waals surface area contributed by atoms with Crippen molar-refractivity contribution in [2.75, 3.05) is 19.6 Å². The summed E-state index contributed by atoms with van der Waals surface area (Å²) in [6, 6.07) is 7.01. The standard InChI is InChI=1S/C14H21ClN2/c1-3-17(13-6-7-16-9-13)10-12-5-4-11(2)8-14(12)15/h4-5,8,13,16H,3,6-7,9-10H2,1-2H3. The van der Waals surface area contributed by atoms with Gasteiger partial charge in [-0.15, -0.1) is 0 Å². The summed E-state index contributed by atoms with van der Waals surface area (Å²) in [6.07, 6.45) is 1.25. The number of likely N-dealkylation sites (N-methyl/N-ethyl adjacent to an activating group) is 1. The molecule has 17 heavy (non-hydrogen) atoms. The quantitative estimate of drug-likeness (QED) is 0.887. The van der Waals surface area contributed by atoms with E-state index in [1.165, 1.54) is 17.5 Å². The van der Waals surface area contributed by atoms with Crippen LogP contribution in [0.5, 0.6) is 0 Å². The maximum atomic E-state index is 6.29. The van der Waals surface area contributed by atoms with Crippen molar-refractivity contribution >= 4 is 11.6 Å². The van der Waals surface area contributed by atoms with E-state index < -0.39 is 0 Å². The van der Waals surface area contributed by atoms with Crippen LogP contribution in [0, 0.1) is 6.92 Å². The molecule has 1 saturated heterocycles. The molecule has 1 N–H and O–H groups in total. The van der Waals surface area contributed by atoms with E-state index in [0.29, 0.717) is 6.04 Å². The lowest BCUT2D eigenvalue weighted by atomic mass is 10.1. The molecular formula is C14H21ClN2. The third-order valence-corrected chi connectivity index (χ3v) is 3.89. The van der Waals surface area contributed by atoms with Crippen LogP contribution in [0.2, 0.25) is 5.02 Å². The second-order valence-corrected chi connectivity index (χ2v) is 5.21. The summed E-state index contributed by atoms with van der Waals surface area (Å²) in [5.74, 6) is 0. The minimum absolute atomic E-state index is 0.664. The lowest BCUT2D eigenvalue weighted by Crippen LogP contribution is -2.36. The third kappa shape index (κ3) is 3.21. The molecule has 1 unspecified atom stereocenters. The zero-order chi connectivity index (χ0) is 12.3. The highest BCUT2D eigenvalue weighted by Crippen LogP contribution is 2.21. The van der Waals surface area contributed by atoms with Gasteiger partial charge in [-0.2, -0.15) is 0 Å². The van der Waals surface area contributed by atoms with E-state index in [1.807, 2.05) is 0 Å². The fraction of sp³-hybridized carbons (Fsp3) is 0.571. The summed E-state index contributed by atoms with van der Waals surface area (Å²) in [6.45, 7) is 8.59. The maximum absolute atomic E-state index is 6.29. The third-order valence-electron chi connectivity index (χ3n) is 3.54. The van der Waals surface area contributed by atoms with Crippen LogP contribution >= 0.6 is 11.6 Å². The van der Waals surface area contributed by atoms with E-state index in [-0.39, 0.29) is 0 Å². The fourth-order valence-electron chi connectivity index (χ4n) is 2.45. The number of rotatable bonds is 4. The molecule has 3 heteroatoms. The fourth-order valence-corrected chi connectivity index (χ4v) is 2.74. The first-order valence-corrected chi connectivity index (χ1v) is 6.78. The van der Waals surface area contributed by atoms with Crippen LogP contribution in [0.1, 0.15) is 24.5 Å². The first-order chi connectivity index (χ1) is 8.20. The number of hydrogen-bond donors (Lipinski definition) is 1. The molecule has 1 aliphatic heterocycles. The zero-order valence-corrected chi connectivity index (χ0v) is 11.4. The van der Waals surface area contributed by atoms with Crippen molar-refractivity contribution in [3.8, 4) is 0 Å². The lowest BCUT2D eigenvalue weighted by Gasteiger charge is -2.27. The Bertz CT molecular complexity index is 372. The Labute approximate surface area is 109 Å². The van der Waals surface area contributed by atoms with Crippen molar-refractivity contribution in [3.05, 3.63) is 34.3 Å². The largest absolute Gasteiger partial charge is 0.315 e. The number of benzene rings is 1. The smallest absolute Gasteiger partial charge is 0.0453 e. The normalized spacial score (nSPS) is 20.1. The van der Waals surface area contributed by atoms with E-state index in [1.54, 1.807) is 0 Å². The Balaban J connectivity index is 2.06. The predicted octanol–water partition coefficient (Wildman–Crippen LogP) is 2.83. The predicted molar refractivity (Wildman–Crippen MR) is 73.5 cm³/mol. The summed E-state index contributed by atoms with van der Waals surface area (Å²) < 4.78 is 0. The minimum atomic E-state index is 0.664. The van der Waals surface area contributed by atoms with Gasteiger partial charge < -0.3 is 5.32 Å². The van der Waals surface area contributed by atoms with Gasteiger partial charge in [0.2, 0.25) is 0 Å². The van der Waals surface area contributed by atoms with Crippen LogP contribution in [-0.2, 0) is 6.54 Å². The van der Waals surface area contributed by atoms with Gasteiger partial charge in [-0.25, -0.2) is 0 Å². The number of halogens is 1. The highest BCUT2D eigenvalue weighted by atomic mass is 35.5. The molecule has 0 aromatic heterocycles. The van der Waals surface area contributed by atoms with Gasteiger partial charge >= 0.3 is 0 Å². The molecule has 94 valence electrons. The van der Waals surface area contributed by atoms with Crippen molar-refractivity contribution in [3.63, 3.8) is 0 Å². The molecule has 1 atom stereocenters. The van der Waals surface area contributed by atoms with Crippen LogP contribution < -0.4 is 5.32 Å². The van der Waals surface area contributed by atoms with Crippen molar-refractivity contribution in [2.45, 2.75) is 32.9 Å². The molecule has 1 fully saturated rings. The van der Waals surface area contributed by atoms with Crippen LogP contribution in [0.15, 0.2) is 18.2 Å². The lowest BCUT2D eigenvalue weighted by molar-refractivity contribution is 0.210. The van der Waals surface area contributed by atoms with E-state index in [2.05, 4.69) is 42.3 Å². The molecule has 0 aliphatic carbocycles. The van der Waals surface area contributed by atoms with Crippen molar-refractivity contribution in [2.24, 2.45) is 0 Å². The van der Waals surface area contributed by atoms with E-state index in [4.69, 9.17) is 11.6 Å². The average molecular weight is 253 g/mol. The molecule has 2 rings (SSSR count). The van der Waals surface area contributed by atoms with E-state index in [9.17, 15) is 0 Å². The SMILES string of the molecule is CCN(Cc1ccc(C)cc1Cl)C1CCNC1. The van der Waals surface area contributed by atoms with Crippen molar-refractivity contribution in [1.82, 2.24) is 10.2 Å². The Kier molecular flexibility index (Phi) is 4.43. The van der Waals surface area contributed by atoms with Crippen LogP contribution in [0.4, 0.5) is 0 Å². The van der Waals surface area contributed by atoms with Crippen LogP contribution in [0.25, 0.3) is 0 Å². The highest BCUT2D eigenvalue weighted by Gasteiger charge is 2.21. The molecule has 0 amide bonds. The summed E-state index contributed by atoms with van der Waals surface area (Å²) >= 11 is 6.29. The van der Waals surface area contributed by atoms with Crippen molar-refractivity contribution in [1.29, 1.82) is 0 Å². The summed E-state index contributed by atoms with van der Waals surface area (Å²) in [5.41, 5.74) is 2.47. The second-order valence-electron chi connectivity index (χ2n) is 4.80. The molecule has 0 spiro atoms. The van der Waals surface area contributed by atoms with Gasteiger partial charge in [-0.3, -0.25) is 4.90 Å². The summed E-state index contributed by atoms with van der Waals surface area (Å²) in [7, 11) is 0. The first kappa shape index (κ1) is 12.9. The minimum Gasteiger partial charge on any atom is -0.315 e. The monoisotopic (exact) mass is 252 g/mol. The van der Waals surface area contributed by atoms with Gasteiger partial charge in [0.25, 0.3) is 0 Å². The maximum Gasteiger partial charge on any atom is 0.0453 e. The topological polar surface area (TPSA) is 15.3 Å². The summed E-state index contributed by atoms with van der Waals surface area (Å²) in [5, 5.41) is 4.32. The number of nitrogens with zero attached hydrogens (tertiary/aromatic N) is 1. The van der Waals surface area contributed by atoms with Gasteiger partial charge in [0, 0.05) is 24.2 Å². The second kappa shape index (κ2) is 5.85. The van der Waals surface area contributed by atoms with Gasteiger partial charge in [0.1, 0.15) is 0 Å². The molecule has 0 saturated carbocycles. The highest BCUT2D eigenvalue weighted by molar-refractivity contribution is 6.31. The number of nitrogens with one attached hydrogen (secondary N) is 1. The van der Waals surface area contributed by atoms with Gasteiger partial charge in [-0.05, 0) is 43.6 Å². The molecule has 1 aromatic rings. The Morgan fingerprint density at radius 1 is 1.47 bits per heavy atom. The molecule has 2 nitrogen and oxygen atoms in total. The Morgan fingerprint density at radius 2 is 2.29 bits per heavy atom. The average Bonchev–Trinajstić information content (AvgIpc) is 2.81. The first-order valence-electron chi connectivity index (χ1n) is 6.40. The van der Waals surface area contributed by atoms with Gasteiger partial charge in [0.15, 0.2) is 0 Å². The van der Waals surface area contributed by atoms with Crippen molar-refractivity contribution < 1.29 is 0 Å². The molecule has 1 heterocycles. The van der Waals surface area contributed by atoms with E-state index >= 15 is 0 Å². The molecule has 0 radical (unpaired) electrons. The van der Waals surface area contributed by atoms with E-state index in [0.717, 1.165) is 31.2 Å². The van der Waals surface area contributed by atoms with Gasteiger partial charge in [0.05, 0.1) is 0 Å². The van der Waals surface area contributed by atoms with Gasteiger partial charge in [-0.1, -0.05) is 30.7 Å². The summed E-state index contributed by atoms with van der Waals surface area (Å²) in [4.78, 5) is 2.51. The Morgan fingerprint density at radius 3 is 2.88 bits per heavy atom. The molecule has 0 bridgehead atoms. The van der Waals surface area contributed by atoms with Crippen LogP contribution in [0.3, 0.4) is 0 Å².